The molecule has 2 heteroatoms. The first kappa shape index (κ1) is 11.7. The Kier molecular flexibility index (Phi) is 7.11. The Labute approximate surface area is 76.6 Å². The summed E-state index contributed by atoms with van der Waals surface area (Å²) in [5, 5.41) is 3.41. The molecule has 0 amide bonds. The molecule has 72 valence electrons. The van der Waals surface area contributed by atoms with Crippen LogP contribution in [0.25, 0.3) is 0 Å². The van der Waals surface area contributed by atoms with Crippen LogP contribution in [0.3, 0.4) is 0 Å². The molecule has 0 aliphatic carbocycles. The van der Waals surface area contributed by atoms with Gasteiger partial charge in [-0.25, -0.2) is 0 Å². The van der Waals surface area contributed by atoms with E-state index in [0.29, 0.717) is 6.04 Å². The first-order chi connectivity index (χ1) is 5.68. The van der Waals surface area contributed by atoms with Crippen LogP contribution in [0.5, 0.6) is 0 Å². The maximum absolute atomic E-state index is 3.69. The monoisotopic (exact) mass is 170 g/mol. The Balaban J connectivity index is 3.13. The van der Waals surface area contributed by atoms with Gasteiger partial charge in [0, 0.05) is 12.6 Å². The van der Waals surface area contributed by atoms with Gasteiger partial charge in [-0.2, -0.15) is 0 Å². The number of rotatable bonds is 7. The molecular formula is C10H22N2. The minimum Gasteiger partial charge on any atom is -0.315 e. The van der Waals surface area contributed by atoms with Crippen LogP contribution in [0.15, 0.2) is 12.7 Å². The van der Waals surface area contributed by atoms with Gasteiger partial charge in [0.1, 0.15) is 0 Å². The number of nitrogens with one attached hydrogen (secondary N) is 1. The van der Waals surface area contributed by atoms with E-state index in [9.17, 15) is 0 Å². The third kappa shape index (κ3) is 6.38. The van der Waals surface area contributed by atoms with Crippen molar-refractivity contribution in [3.05, 3.63) is 12.7 Å². The lowest BCUT2D eigenvalue weighted by atomic mass is 10.3. The lowest BCUT2D eigenvalue weighted by Gasteiger charge is -2.19. The fraction of sp³-hybridized carbons (Fsp3) is 0.800. The summed E-state index contributed by atoms with van der Waals surface area (Å²) in [6, 6.07) is 0.619. The smallest absolute Gasteiger partial charge is 0.0186 e. The number of nitrogens with zero attached hydrogens (tertiary/aromatic N) is 1. The standard InChI is InChI=1S/C10H22N2/c1-5-6-7-8-11-9-10(2)12(3)4/h5,10-11H,1,6-9H2,2-4H3. The van der Waals surface area contributed by atoms with Gasteiger partial charge in [-0.1, -0.05) is 6.08 Å². The van der Waals surface area contributed by atoms with Gasteiger partial charge in [0.2, 0.25) is 0 Å². The van der Waals surface area contributed by atoms with E-state index in [1.54, 1.807) is 0 Å². The zero-order valence-corrected chi connectivity index (χ0v) is 8.64. The van der Waals surface area contributed by atoms with Crippen LogP contribution >= 0.6 is 0 Å². The summed E-state index contributed by atoms with van der Waals surface area (Å²) in [5.74, 6) is 0. The first-order valence-corrected chi connectivity index (χ1v) is 4.66. The molecule has 0 saturated carbocycles. The van der Waals surface area contributed by atoms with Crippen LogP contribution in [0.2, 0.25) is 0 Å². The SMILES string of the molecule is C=CCCCNCC(C)N(C)C. The van der Waals surface area contributed by atoms with E-state index < -0.39 is 0 Å². The van der Waals surface area contributed by atoms with Gasteiger partial charge in [-0.05, 0) is 40.4 Å². The minimum atomic E-state index is 0.619. The second-order valence-electron chi connectivity index (χ2n) is 3.45. The van der Waals surface area contributed by atoms with Gasteiger partial charge >= 0.3 is 0 Å². The van der Waals surface area contributed by atoms with E-state index in [1.807, 2.05) is 6.08 Å². The van der Waals surface area contributed by atoms with Crippen LogP contribution in [0.1, 0.15) is 19.8 Å². The number of likely N-dealkylation sites (N-methyl/N-ethyl adjacent to an activating group) is 1. The van der Waals surface area contributed by atoms with E-state index in [4.69, 9.17) is 0 Å². The Hall–Kier alpha value is -0.340. The first-order valence-electron chi connectivity index (χ1n) is 4.66. The molecule has 1 N–H and O–H groups in total. The molecule has 0 aliphatic heterocycles. The lowest BCUT2D eigenvalue weighted by Crippen LogP contribution is -2.35. The molecule has 0 aromatic rings. The van der Waals surface area contributed by atoms with Crippen molar-refractivity contribution in [1.82, 2.24) is 10.2 Å². The number of unbranched alkanes of at least 4 members (excludes halogenated alkanes) is 1. The van der Waals surface area contributed by atoms with Crippen molar-refractivity contribution in [3.63, 3.8) is 0 Å². The van der Waals surface area contributed by atoms with Crippen LogP contribution in [0, 0.1) is 0 Å². The third-order valence-electron chi connectivity index (χ3n) is 2.08. The highest BCUT2D eigenvalue weighted by molar-refractivity contribution is 4.67. The predicted molar refractivity (Wildman–Crippen MR) is 55.4 cm³/mol. The fourth-order valence-corrected chi connectivity index (χ4v) is 0.865. The van der Waals surface area contributed by atoms with E-state index in [-0.39, 0.29) is 0 Å². The van der Waals surface area contributed by atoms with Crippen molar-refractivity contribution in [3.8, 4) is 0 Å². The normalized spacial score (nSPS) is 13.3. The van der Waals surface area contributed by atoms with Gasteiger partial charge in [-0.15, -0.1) is 6.58 Å². The van der Waals surface area contributed by atoms with E-state index in [1.165, 1.54) is 6.42 Å². The highest BCUT2D eigenvalue weighted by Gasteiger charge is 2.01. The van der Waals surface area contributed by atoms with Crippen molar-refractivity contribution in [2.24, 2.45) is 0 Å². The summed E-state index contributed by atoms with van der Waals surface area (Å²) in [6.45, 7) is 8.08. The van der Waals surface area contributed by atoms with Crippen molar-refractivity contribution >= 4 is 0 Å². The molecule has 0 bridgehead atoms. The molecule has 12 heavy (non-hydrogen) atoms. The molecule has 0 aromatic carbocycles. The molecule has 2 nitrogen and oxygen atoms in total. The minimum absolute atomic E-state index is 0.619. The van der Waals surface area contributed by atoms with E-state index in [2.05, 4.69) is 37.8 Å². The van der Waals surface area contributed by atoms with Crippen LogP contribution < -0.4 is 5.32 Å². The summed E-state index contributed by atoms with van der Waals surface area (Å²) in [4.78, 5) is 2.22. The predicted octanol–water partition coefficient (Wildman–Crippen LogP) is 1.49. The molecule has 0 spiro atoms. The largest absolute Gasteiger partial charge is 0.315 e. The molecule has 0 aliphatic rings. The molecule has 0 rings (SSSR count). The Morgan fingerprint density at radius 1 is 1.50 bits per heavy atom. The van der Waals surface area contributed by atoms with Crippen LogP contribution in [-0.2, 0) is 0 Å². The van der Waals surface area contributed by atoms with Crippen LogP contribution in [0.4, 0.5) is 0 Å². The second-order valence-corrected chi connectivity index (χ2v) is 3.45. The highest BCUT2D eigenvalue weighted by atomic mass is 15.1. The topological polar surface area (TPSA) is 15.3 Å². The van der Waals surface area contributed by atoms with Crippen molar-refractivity contribution in [1.29, 1.82) is 0 Å². The molecule has 0 fully saturated rings. The summed E-state index contributed by atoms with van der Waals surface area (Å²) in [6.07, 6.45) is 4.28. The summed E-state index contributed by atoms with van der Waals surface area (Å²) < 4.78 is 0. The number of hydrogen-bond acceptors (Lipinski definition) is 2. The maximum atomic E-state index is 3.69. The molecule has 0 radical (unpaired) electrons. The number of allylic oxidation sites excluding steroid dienone is 1. The molecule has 1 unspecified atom stereocenters. The Bertz CT molecular complexity index is 110. The van der Waals surface area contributed by atoms with Gasteiger partial charge < -0.3 is 10.2 Å². The molecule has 0 heterocycles. The summed E-state index contributed by atoms with van der Waals surface area (Å²) in [7, 11) is 4.21. The molecular weight excluding hydrogens is 148 g/mol. The Morgan fingerprint density at radius 3 is 2.67 bits per heavy atom. The van der Waals surface area contributed by atoms with Gasteiger partial charge in [-0.3, -0.25) is 0 Å². The Morgan fingerprint density at radius 2 is 2.17 bits per heavy atom. The zero-order chi connectivity index (χ0) is 9.40. The molecule has 1 atom stereocenters. The number of hydrogen-bond donors (Lipinski definition) is 1. The average molecular weight is 170 g/mol. The van der Waals surface area contributed by atoms with E-state index >= 15 is 0 Å². The second kappa shape index (κ2) is 7.32. The molecule has 0 saturated heterocycles. The quantitative estimate of drug-likeness (QED) is 0.460. The van der Waals surface area contributed by atoms with Crippen molar-refractivity contribution < 1.29 is 0 Å². The molecule has 0 aromatic heterocycles. The zero-order valence-electron chi connectivity index (χ0n) is 8.64. The highest BCUT2D eigenvalue weighted by Crippen LogP contribution is 1.90. The maximum Gasteiger partial charge on any atom is 0.0186 e. The van der Waals surface area contributed by atoms with Crippen LogP contribution in [-0.4, -0.2) is 38.1 Å². The fourth-order valence-electron chi connectivity index (χ4n) is 0.865. The lowest BCUT2D eigenvalue weighted by molar-refractivity contribution is 0.303. The van der Waals surface area contributed by atoms with Crippen molar-refractivity contribution in [2.75, 3.05) is 27.2 Å². The summed E-state index contributed by atoms with van der Waals surface area (Å²) in [5.41, 5.74) is 0. The summed E-state index contributed by atoms with van der Waals surface area (Å²) >= 11 is 0. The van der Waals surface area contributed by atoms with Gasteiger partial charge in [0.15, 0.2) is 0 Å². The van der Waals surface area contributed by atoms with Crippen molar-refractivity contribution in [2.45, 2.75) is 25.8 Å². The van der Waals surface area contributed by atoms with E-state index in [0.717, 1.165) is 19.5 Å². The third-order valence-corrected chi connectivity index (χ3v) is 2.08. The average Bonchev–Trinajstić information content (AvgIpc) is 2.03. The van der Waals surface area contributed by atoms with Gasteiger partial charge in [0.05, 0.1) is 0 Å². The van der Waals surface area contributed by atoms with Gasteiger partial charge in [0.25, 0.3) is 0 Å².